The molecule has 2 aliphatic rings. The van der Waals surface area contributed by atoms with Crippen LogP contribution in [0.5, 0.6) is 0 Å². The first-order valence-electron chi connectivity index (χ1n) is 9.78. The number of carbonyl (C=O) groups excluding carboxylic acids is 1. The van der Waals surface area contributed by atoms with Gasteiger partial charge in [0.2, 0.25) is 5.91 Å². The van der Waals surface area contributed by atoms with Crippen LogP contribution in [0, 0.1) is 18.8 Å². The van der Waals surface area contributed by atoms with Gasteiger partial charge in [0, 0.05) is 16.6 Å². The molecular weight excluding hydrogens is 358 g/mol. The number of fused-ring (bicyclic) bond motifs is 2. The smallest absolute Gasteiger partial charge is 0.227 e. The van der Waals surface area contributed by atoms with Crippen molar-refractivity contribution in [3.05, 3.63) is 64.2 Å². The zero-order chi connectivity index (χ0) is 19.0. The molecule has 1 saturated carbocycles. The van der Waals surface area contributed by atoms with Crippen LogP contribution in [0.25, 0.3) is 0 Å². The summed E-state index contributed by atoms with van der Waals surface area (Å²) in [6.45, 7) is 4.94. The molecule has 1 N–H and O–H groups in total. The van der Waals surface area contributed by atoms with Crippen LogP contribution >= 0.6 is 11.6 Å². The second-order valence-corrected chi connectivity index (χ2v) is 8.45. The second kappa shape index (κ2) is 7.29. The minimum absolute atomic E-state index is 0.0178. The number of benzene rings is 2. The molecule has 4 heteroatoms. The number of aryl methyl sites for hydroxylation is 1. The van der Waals surface area contributed by atoms with Crippen LogP contribution < -0.4 is 5.32 Å². The maximum absolute atomic E-state index is 12.7. The molecule has 2 aromatic carbocycles. The van der Waals surface area contributed by atoms with Gasteiger partial charge in [-0.2, -0.15) is 0 Å². The van der Waals surface area contributed by atoms with Gasteiger partial charge >= 0.3 is 0 Å². The highest BCUT2D eigenvalue weighted by molar-refractivity contribution is 6.30. The zero-order valence-corrected chi connectivity index (χ0v) is 16.7. The molecular formula is C23H26ClNO2. The predicted octanol–water partition coefficient (Wildman–Crippen LogP) is 5.84. The van der Waals surface area contributed by atoms with Crippen molar-refractivity contribution in [1.29, 1.82) is 0 Å². The molecule has 2 aromatic rings. The second-order valence-electron chi connectivity index (χ2n) is 8.01. The van der Waals surface area contributed by atoms with Gasteiger partial charge in [-0.25, -0.2) is 0 Å². The minimum atomic E-state index is -0.135. The summed E-state index contributed by atoms with van der Waals surface area (Å²) in [5.74, 6) is 0.456. The molecule has 1 fully saturated rings. The van der Waals surface area contributed by atoms with Gasteiger partial charge in [0.05, 0.1) is 12.2 Å². The van der Waals surface area contributed by atoms with Crippen molar-refractivity contribution in [1.82, 2.24) is 0 Å². The first kappa shape index (κ1) is 18.5. The maximum Gasteiger partial charge on any atom is 0.227 e. The number of nitrogens with one attached hydrogen (secondary N) is 1. The van der Waals surface area contributed by atoms with E-state index in [1.54, 1.807) is 12.1 Å². The van der Waals surface area contributed by atoms with Crippen molar-refractivity contribution >= 4 is 23.2 Å². The zero-order valence-electron chi connectivity index (χ0n) is 15.9. The van der Waals surface area contributed by atoms with E-state index in [1.165, 1.54) is 16.7 Å². The largest absolute Gasteiger partial charge is 0.366 e. The number of halogens is 1. The fourth-order valence-electron chi connectivity index (χ4n) is 4.79. The fraction of sp³-hybridized carbons (Fsp3) is 0.435. The van der Waals surface area contributed by atoms with E-state index < -0.39 is 0 Å². The minimum Gasteiger partial charge on any atom is -0.366 e. The van der Waals surface area contributed by atoms with Crippen LogP contribution in [-0.4, -0.2) is 5.91 Å². The molecule has 0 saturated heterocycles. The van der Waals surface area contributed by atoms with E-state index in [2.05, 4.69) is 30.4 Å². The van der Waals surface area contributed by atoms with Crippen molar-refractivity contribution in [2.24, 2.45) is 11.8 Å². The van der Waals surface area contributed by atoms with Crippen LogP contribution in [0.2, 0.25) is 5.02 Å². The Morgan fingerprint density at radius 3 is 2.59 bits per heavy atom. The molecule has 0 bridgehead atoms. The Labute approximate surface area is 166 Å². The van der Waals surface area contributed by atoms with Crippen molar-refractivity contribution in [2.45, 2.75) is 51.7 Å². The molecule has 142 valence electrons. The monoisotopic (exact) mass is 383 g/mol. The van der Waals surface area contributed by atoms with Gasteiger partial charge in [0.25, 0.3) is 0 Å². The average molecular weight is 384 g/mol. The number of ether oxygens (including phenoxy) is 1. The third-order valence-corrected chi connectivity index (χ3v) is 6.64. The van der Waals surface area contributed by atoms with Crippen molar-refractivity contribution in [2.75, 3.05) is 5.32 Å². The highest BCUT2D eigenvalue weighted by Gasteiger charge is 2.45. The Balaban J connectivity index is 1.41. The lowest BCUT2D eigenvalue weighted by Crippen LogP contribution is -2.36. The van der Waals surface area contributed by atoms with Crippen molar-refractivity contribution in [3.8, 4) is 0 Å². The fourth-order valence-corrected chi connectivity index (χ4v) is 4.92. The number of anilines is 1. The third-order valence-electron chi connectivity index (χ3n) is 6.39. The van der Waals surface area contributed by atoms with E-state index in [4.69, 9.17) is 16.3 Å². The first-order chi connectivity index (χ1) is 13.0. The molecule has 1 heterocycles. The Morgan fingerprint density at radius 2 is 1.89 bits per heavy atom. The molecule has 1 spiro atoms. The summed E-state index contributed by atoms with van der Waals surface area (Å²) in [4.78, 5) is 12.7. The van der Waals surface area contributed by atoms with Crippen LogP contribution in [0.3, 0.4) is 0 Å². The molecule has 27 heavy (non-hydrogen) atoms. The van der Waals surface area contributed by atoms with Crippen LogP contribution in [0.4, 0.5) is 5.69 Å². The summed E-state index contributed by atoms with van der Waals surface area (Å²) < 4.78 is 6.32. The molecule has 1 atom stereocenters. The van der Waals surface area contributed by atoms with Crippen molar-refractivity contribution < 1.29 is 9.53 Å². The summed E-state index contributed by atoms with van der Waals surface area (Å²) in [6.07, 6.45) is 4.02. The summed E-state index contributed by atoms with van der Waals surface area (Å²) in [7, 11) is 0. The molecule has 4 rings (SSSR count). The van der Waals surface area contributed by atoms with E-state index >= 15 is 0 Å². The van der Waals surface area contributed by atoms with Crippen LogP contribution in [-0.2, 0) is 21.7 Å². The third kappa shape index (κ3) is 3.51. The number of carbonyl (C=O) groups is 1. The van der Waals surface area contributed by atoms with E-state index in [0.29, 0.717) is 17.5 Å². The molecule has 0 aromatic heterocycles. The predicted molar refractivity (Wildman–Crippen MR) is 109 cm³/mol. The normalized spacial score (nSPS) is 25.2. The summed E-state index contributed by atoms with van der Waals surface area (Å²) in [6, 6.07) is 13.8. The lowest BCUT2D eigenvalue weighted by atomic mass is 9.70. The summed E-state index contributed by atoms with van der Waals surface area (Å²) in [5.41, 5.74) is 4.73. The van der Waals surface area contributed by atoms with Gasteiger partial charge in [0.1, 0.15) is 0 Å². The van der Waals surface area contributed by atoms with Gasteiger partial charge < -0.3 is 10.1 Å². The Bertz CT molecular complexity index is 838. The SMILES string of the molecule is Cc1cccc2c1[C@]1(CC[C@H](C(C)C(=O)Nc3ccc(Cl)cc3)CC1)OC2. The lowest BCUT2D eigenvalue weighted by molar-refractivity contribution is -0.123. The van der Waals surface area contributed by atoms with Crippen LogP contribution in [0.1, 0.15) is 49.3 Å². The summed E-state index contributed by atoms with van der Waals surface area (Å²) in [5, 5.41) is 3.70. The Hall–Kier alpha value is -1.84. The lowest BCUT2D eigenvalue weighted by Gasteiger charge is -2.39. The Kier molecular flexibility index (Phi) is 5.00. The molecule has 1 aliphatic heterocycles. The highest BCUT2D eigenvalue weighted by Crippen LogP contribution is 2.50. The number of rotatable bonds is 3. The van der Waals surface area contributed by atoms with Gasteiger partial charge in [-0.1, -0.05) is 36.7 Å². The molecule has 1 amide bonds. The van der Waals surface area contributed by atoms with E-state index in [0.717, 1.165) is 31.4 Å². The molecule has 3 nitrogen and oxygen atoms in total. The van der Waals surface area contributed by atoms with E-state index in [9.17, 15) is 4.79 Å². The quantitative estimate of drug-likeness (QED) is 0.723. The number of hydrogen-bond donors (Lipinski definition) is 1. The average Bonchev–Trinajstić information content (AvgIpc) is 3.03. The number of hydrogen-bond acceptors (Lipinski definition) is 2. The topological polar surface area (TPSA) is 38.3 Å². The van der Waals surface area contributed by atoms with Gasteiger partial charge in [-0.15, -0.1) is 0 Å². The van der Waals surface area contributed by atoms with E-state index in [1.807, 2.05) is 19.1 Å². The van der Waals surface area contributed by atoms with Gasteiger partial charge in [-0.05, 0) is 79.5 Å². The van der Waals surface area contributed by atoms with E-state index in [-0.39, 0.29) is 17.4 Å². The molecule has 1 unspecified atom stereocenters. The van der Waals surface area contributed by atoms with Crippen LogP contribution in [0.15, 0.2) is 42.5 Å². The molecule has 1 aliphatic carbocycles. The van der Waals surface area contributed by atoms with Gasteiger partial charge in [0.15, 0.2) is 0 Å². The Morgan fingerprint density at radius 1 is 1.19 bits per heavy atom. The van der Waals surface area contributed by atoms with Gasteiger partial charge in [-0.3, -0.25) is 4.79 Å². The summed E-state index contributed by atoms with van der Waals surface area (Å²) >= 11 is 5.91. The van der Waals surface area contributed by atoms with Crippen molar-refractivity contribution in [3.63, 3.8) is 0 Å². The first-order valence-corrected chi connectivity index (χ1v) is 10.2. The maximum atomic E-state index is 12.7. The number of amides is 1. The standard InChI is InChI=1S/C23H26ClNO2/c1-15-4-3-5-18-14-27-23(21(15)18)12-10-17(11-13-23)16(2)22(26)25-20-8-6-19(24)7-9-20/h3-9,16-17H,10-14H2,1-2H3,(H,25,26)/t16?,17-,23+. The highest BCUT2D eigenvalue weighted by atomic mass is 35.5. The molecule has 0 radical (unpaired) electrons.